The van der Waals surface area contributed by atoms with Crippen LogP contribution in [0.15, 0.2) is 182 Å². The van der Waals surface area contributed by atoms with Crippen molar-refractivity contribution in [2.75, 3.05) is 12.3 Å². The zero-order chi connectivity index (χ0) is 37.5. The maximum absolute atomic E-state index is 13.0. The van der Waals surface area contributed by atoms with Crippen LogP contribution in [0.1, 0.15) is 19.3 Å². The second kappa shape index (κ2) is 15.7. The fraction of sp³-hybridized carbons (Fsp3) is 0.122. The summed E-state index contributed by atoms with van der Waals surface area (Å²) in [5.74, 6) is 0. The van der Waals surface area contributed by atoms with Crippen molar-refractivity contribution in [1.82, 2.24) is 0 Å². The second-order valence-corrected chi connectivity index (χ2v) is 24.3. The van der Waals surface area contributed by atoms with Gasteiger partial charge in [0.1, 0.15) is 0 Å². The molecule has 8 nitrogen and oxygen atoms in total. The van der Waals surface area contributed by atoms with Crippen LogP contribution in [0, 0.1) is 20.5 Å². The summed E-state index contributed by atoms with van der Waals surface area (Å²) in [7, 11) is -9.90. The summed E-state index contributed by atoms with van der Waals surface area (Å²) in [4.78, 5) is 0. The minimum atomic E-state index is -4.95. The molecule has 0 N–H and O–H groups in total. The van der Waals surface area contributed by atoms with E-state index in [1.54, 1.807) is 146 Å². The Kier molecular flexibility index (Phi) is 11.6. The van der Waals surface area contributed by atoms with Gasteiger partial charge in [0, 0.05) is 0 Å². The molecule has 0 amide bonds. The van der Waals surface area contributed by atoms with Crippen molar-refractivity contribution in [3.63, 3.8) is 0 Å². The van der Waals surface area contributed by atoms with Crippen LogP contribution < -0.4 is 59.8 Å². The summed E-state index contributed by atoms with van der Waals surface area (Å²) in [6.07, 6.45) is 1.40. The molecule has 6 aromatic carbocycles. The Morgan fingerprint density at radius 1 is 0.302 bits per heavy atom. The fourth-order valence-corrected chi connectivity index (χ4v) is 23.1. The molecule has 0 saturated heterocycles. The molecule has 0 saturated carbocycles. The Morgan fingerprint density at radius 3 is 0.660 bits per heavy atom. The van der Waals surface area contributed by atoms with Gasteiger partial charge >= 0.3 is 316 Å². The van der Waals surface area contributed by atoms with Gasteiger partial charge in [-0.15, -0.1) is 0 Å². The van der Waals surface area contributed by atoms with E-state index in [0.29, 0.717) is 51.1 Å². The van der Waals surface area contributed by atoms with Crippen LogP contribution in [0.2, 0.25) is 0 Å². The fourth-order valence-electron chi connectivity index (χ4n) is 7.81. The van der Waals surface area contributed by atoms with Crippen LogP contribution >= 0.6 is 13.7 Å². The van der Waals surface area contributed by atoms with Crippen molar-refractivity contribution < 1.29 is 56.6 Å². The Labute approximate surface area is 314 Å². The van der Waals surface area contributed by atoms with E-state index in [4.69, 9.17) is 8.15 Å². The molecule has 0 aromatic heterocycles. The molecular weight excluding hydrogens is 753 g/mol. The van der Waals surface area contributed by atoms with Crippen LogP contribution in [-0.4, -0.2) is 12.3 Å². The number of hydrogen-bond donors (Lipinski definition) is 0. The molecule has 0 bridgehead atoms. The topological polar surface area (TPSA) is 157 Å². The standard InChI is InChI=1S/C41H40Cl2O8P2/c44-42(45,46)50-52(36-22-8-1-9-23-36,37-24-10-2-11-25-37,38-26-12-3-13-27-38)34-20-7-21-35-53(51-43(47,48)49,39-28-14-4-15-29-39,40-30-16-5-17-31-40)41-32-18-6-19-33-41/h1-6,8-19,22-33H,7,20-21,34-35H2. The molecular formula is C41H40Cl2O8P2. The average Bonchev–Trinajstić information content (AvgIpc) is 3.18. The van der Waals surface area contributed by atoms with E-state index in [2.05, 4.69) is 0 Å². The van der Waals surface area contributed by atoms with E-state index in [0.717, 1.165) is 0 Å². The van der Waals surface area contributed by atoms with Crippen molar-refractivity contribution in [3.8, 4) is 0 Å². The third-order valence-electron chi connectivity index (χ3n) is 9.96. The number of rotatable bonds is 16. The summed E-state index contributed by atoms with van der Waals surface area (Å²) in [6, 6.07) is 54.1. The molecule has 276 valence electrons. The predicted octanol–water partition coefficient (Wildman–Crippen LogP) is 0.874. The third kappa shape index (κ3) is 7.45. The summed E-state index contributed by atoms with van der Waals surface area (Å²) in [5.41, 5.74) is 0. The van der Waals surface area contributed by atoms with Crippen LogP contribution in [0.5, 0.6) is 0 Å². The van der Waals surface area contributed by atoms with Gasteiger partial charge in [0.25, 0.3) is 0 Å². The quantitative estimate of drug-likeness (QED) is 0.103. The van der Waals surface area contributed by atoms with Gasteiger partial charge in [0.2, 0.25) is 0 Å². The molecule has 0 aliphatic rings. The zero-order valence-corrected chi connectivity index (χ0v) is 32.1. The molecule has 0 atom stereocenters. The van der Waals surface area contributed by atoms with Gasteiger partial charge in [0.05, 0.1) is 0 Å². The molecule has 0 radical (unpaired) electrons. The van der Waals surface area contributed by atoms with Crippen molar-refractivity contribution >= 4 is 45.5 Å². The van der Waals surface area contributed by atoms with Crippen molar-refractivity contribution in [1.29, 1.82) is 0 Å². The number of benzene rings is 6. The van der Waals surface area contributed by atoms with Gasteiger partial charge in [-0.1, -0.05) is 0 Å². The summed E-state index contributed by atoms with van der Waals surface area (Å²) in [6.45, 7) is -9.14. The minimum absolute atomic E-state index is 0.134. The SMILES string of the molecule is [O-][Cl+3]([O-])([O-])OP(CCCCCP(O[Cl+3]([O-])([O-])[O-])(c1ccccc1)(c1ccccc1)c1ccccc1)(c1ccccc1)(c1ccccc1)c1ccccc1. The average molecular weight is 794 g/mol. The molecule has 6 aromatic rings. The van der Waals surface area contributed by atoms with E-state index in [1.165, 1.54) is 0 Å². The normalized spacial score (nSPS) is 14.1. The molecule has 0 aliphatic carbocycles. The molecule has 0 heterocycles. The summed E-state index contributed by atoms with van der Waals surface area (Å²) < 4.78 is 90.0. The molecule has 0 unspecified atom stereocenters. The van der Waals surface area contributed by atoms with Crippen molar-refractivity contribution in [3.05, 3.63) is 182 Å². The Bertz CT molecular complexity index is 1700. The Balaban J connectivity index is 1.50. The first kappa shape index (κ1) is 39.1. The predicted molar refractivity (Wildman–Crippen MR) is 196 cm³/mol. The first-order valence-corrected chi connectivity index (χ1v) is 24.2. The molecule has 12 heteroatoms. The second-order valence-electron chi connectivity index (χ2n) is 12.8. The number of halogens is 2. The number of hydrogen-bond acceptors (Lipinski definition) is 8. The van der Waals surface area contributed by atoms with Crippen LogP contribution in [-0.2, 0) is 8.15 Å². The van der Waals surface area contributed by atoms with Gasteiger partial charge in [0.15, 0.2) is 0 Å². The van der Waals surface area contributed by atoms with Crippen LogP contribution in [0.4, 0.5) is 0 Å². The first-order valence-electron chi connectivity index (χ1n) is 17.0. The van der Waals surface area contributed by atoms with E-state index in [-0.39, 0.29) is 12.3 Å². The summed E-state index contributed by atoms with van der Waals surface area (Å²) in [5, 5.41) is 3.42. The Morgan fingerprint density at radius 2 is 0.491 bits per heavy atom. The van der Waals surface area contributed by atoms with E-state index < -0.39 is 34.1 Å². The summed E-state index contributed by atoms with van der Waals surface area (Å²) >= 11 is 0. The van der Waals surface area contributed by atoms with Crippen molar-refractivity contribution in [2.24, 2.45) is 0 Å². The molecule has 0 spiro atoms. The molecule has 53 heavy (non-hydrogen) atoms. The maximum atomic E-state index is 13.0. The van der Waals surface area contributed by atoms with E-state index in [9.17, 15) is 28.0 Å². The van der Waals surface area contributed by atoms with Gasteiger partial charge in [-0.25, -0.2) is 0 Å². The van der Waals surface area contributed by atoms with E-state index >= 15 is 0 Å². The van der Waals surface area contributed by atoms with Gasteiger partial charge in [-0.3, -0.25) is 0 Å². The van der Waals surface area contributed by atoms with Gasteiger partial charge < -0.3 is 0 Å². The van der Waals surface area contributed by atoms with Crippen LogP contribution in [0.3, 0.4) is 0 Å². The van der Waals surface area contributed by atoms with Crippen molar-refractivity contribution in [2.45, 2.75) is 19.3 Å². The number of unbranched alkanes of at least 4 members (excludes halogenated alkanes) is 2. The Hall–Kier alpha value is -3.56. The zero-order valence-electron chi connectivity index (χ0n) is 28.8. The molecule has 0 fully saturated rings. The molecule has 0 aliphatic heterocycles. The van der Waals surface area contributed by atoms with Gasteiger partial charge in [-0.05, 0) is 0 Å². The molecule has 6 rings (SSSR count). The first-order chi connectivity index (χ1) is 25.4. The van der Waals surface area contributed by atoms with Gasteiger partial charge in [-0.2, -0.15) is 0 Å². The third-order valence-corrected chi connectivity index (χ3v) is 24.4. The van der Waals surface area contributed by atoms with Crippen LogP contribution in [0.25, 0.3) is 0 Å². The monoisotopic (exact) mass is 792 g/mol. The van der Waals surface area contributed by atoms with E-state index in [1.807, 2.05) is 36.4 Å².